The molecule has 144 valence electrons. The van der Waals surface area contributed by atoms with E-state index in [1.165, 1.54) is 7.11 Å². The van der Waals surface area contributed by atoms with Crippen molar-refractivity contribution in [3.05, 3.63) is 36.0 Å². The molecular formula is C20H25N3O4. The molecule has 0 radical (unpaired) electrons. The van der Waals surface area contributed by atoms with E-state index < -0.39 is 6.09 Å². The van der Waals surface area contributed by atoms with Crippen molar-refractivity contribution in [2.45, 2.75) is 32.9 Å². The Morgan fingerprint density at radius 2 is 2.15 bits per heavy atom. The number of carbonyl (C=O) groups is 1. The fourth-order valence-corrected chi connectivity index (χ4v) is 3.18. The van der Waals surface area contributed by atoms with Crippen LogP contribution in [0, 0.1) is 5.92 Å². The largest absolute Gasteiger partial charge is 0.493 e. The SMILES string of the molecule is COC(=O)Nc1nccc2c1OCc1cc(OCC(C)CC(C)N)ccc1-2. The Morgan fingerprint density at radius 3 is 2.89 bits per heavy atom. The smallest absolute Gasteiger partial charge is 0.412 e. The van der Waals surface area contributed by atoms with Crippen molar-refractivity contribution in [2.75, 3.05) is 19.0 Å². The normalized spacial score (nSPS) is 14.2. The number of amides is 1. The van der Waals surface area contributed by atoms with E-state index in [4.69, 9.17) is 15.2 Å². The highest BCUT2D eigenvalue weighted by Crippen LogP contribution is 2.42. The van der Waals surface area contributed by atoms with E-state index in [1.807, 2.05) is 31.2 Å². The van der Waals surface area contributed by atoms with E-state index in [1.54, 1.807) is 6.20 Å². The molecule has 2 heterocycles. The zero-order valence-electron chi connectivity index (χ0n) is 15.8. The van der Waals surface area contributed by atoms with Crippen LogP contribution in [0.3, 0.4) is 0 Å². The van der Waals surface area contributed by atoms with Crippen LogP contribution in [0.2, 0.25) is 0 Å². The molecule has 1 amide bonds. The summed E-state index contributed by atoms with van der Waals surface area (Å²) in [5.41, 5.74) is 8.76. The number of hydrogen-bond donors (Lipinski definition) is 2. The van der Waals surface area contributed by atoms with E-state index in [-0.39, 0.29) is 6.04 Å². The highest BCUT2D eigenvalue weighted by Gasteiger charge is 2.22. The quantitative estimate of drug-likeness (QED) is 0.806. The molecule has 0 saturated carbocycles. The van der Waals surface area contributed by atoms with Gasteiger partial charge < -0.3 is 19.9 Å². The molecular weight excluding hydrogens is 346 g/mol. The van der Waals surface area contributed by atoms with E-state index in [0.29, 0.717) is 30.7 Å². The van der Waals surface area contributed by atoms with Crippen molar-refractivity contribution in [1.29, 1.82) is 0 Å². The van der Waals surface area contributed by atoms with Crippen LogP contribution >= 0.6 is 0 Å². The average Bonchev–Trinajstić information content (AvgIpc) is 2.65. The van der Waals surface area contributed by atoms with Gasteiger partial charge in [-0.2, -0.15) is 0 Å². The summed E-state index contributed by atoms with van der Waals surface area (Å²) in [7, 11) is 1.30. The number of pyridine rings is 1. The van der Waals surface area contributed by atoms with Crippen molar-refractivity contribution in [1.82, 2.24) is 4.98 Å². The summed E-state index contributed by atoms with van der Waals surface area (Å²) in [5.74, 6) is 2.07. The van der Waals surface area contributed by atoms with Crippen molar-refractivity contribution in [2.24, 2.45) is 11.7 Å². The average molecular weight is 371 g/mol. The lowest BCUT2D eigenvalue weighted by molar-refractivity contribution is 0.186. The lowest BCUT2D eigenvalue weighted by Gasteiger charge is -2.23. The van der Waals surface area contributed by atoms with Gasteiger partial charge in [-0.3, -0.25) is 5.32 Å². The lowest BCUT2D eigenvalue weighted by atomic mass is 9.97. The van der Waals surface area contributed by atoms with Crippen LogP contribution in [0.15, 0.2) is 30.5 Å². The van der Waals surface area contributed by atoms with Crippen LogP contribution in [0.4, 0.5) is 10.6 Å². The molecule has 0 aliphatic carbocycles. The Labute approximate surface area is 158 Å². The van der Waals surface area contributed by atoms with Crippen LogP contribution in [-0.4, -0.2) is 30.8 Å². The molecule has 3 N–H and O–H groups in total. The molecule has 27 heavy (non-hydrogen) atoms. The Balaban J connectivity index is 1.78. The van der Waals surface area contributed by atoms with Gasteiger partial charge in [0, 0.05) is 23.4 Å². The Bertz CT molecular complexity index is 823. The third kappa shape index (κ3) is 4.49. The van der Waals surface area contributed by atoms with Gasteiger partial charge in [-0.25, -0.2) is 9.78 Å². The zero-order chi connectivity index (χ0) is 19.4. The summed E-state index contributed by atoms with van der Waals surface area (Å²) in [6, 6.07) is 7.97. The van der Waals surface area contributed by atoms with E-state index in [0.717, 1.165) is 28.9 Å². The van der Waals surface area contributed by atoms with Crippen LogP contribution in [0.1, 0.15) is 25.8 Å². The molecule has 0 bridgehead atoms. The third-order valence-corrected chi connectivity index (χ3v) is 4.36. The standard InChI is InChI=1S/C20H25N3O4/c1-12(8-13(2)21)10-26-15-4-5-16-14(9-15)11-27-18-17(16)6-7-22-19(18)23-20(24)25-3/h4-7,9,12-13H,8,10-11,21H2,1-3H3,(H,22,23,24). The first-order chi connectivity index (χ1) is 13.0. The molecule has 2 aromatic rings. The number of hydrogen-bond acceptors (Lipinski definition) is 6. The Kier molecular flexibility index (Phi) is 5.81. The van der Waals surface area contributed by atoms with Gasteiger partial charge in [0.2, 0.25) is 0 Å². The minimum absolute atomic E-state index is 0.165. The van der Waals surface area contributed by atoms with Gasteiger partial charge in [0.1, 0.15) is 12.4 Å². The summed E-state index contributed by atoms with van der Waals surface area (Å²) in [5, 5.41) is 2.58. The maximum absolute atomic E-state index is 11.5. The number of nitrogens with zero attached hydrogens (tertiary/aromatic N) is 1. The second kappa shape index (κ2) is 8.26. The second-order valence-electron chi connectivity index (χ2n) is 6.89. The number of nitrogens with two attached hydrogens (primary N) is 1. The number of methoxy groups -OCH3 is 1. The summed E-state index contributed by atoms with van der Waals surface area (Å²) < 4.78 is 16.4. The Morgan fingerprint density at radius 1 is 1.33 bits per heavy atom. The minimum Gasteiger partial charge on any atom is -0.493 e. The number of rotatable bonds is 6. The van der Waals surface area contributed by atoms with E-state index in [9.17, 15) is 4.79 Å². The molecule has 2 atom stereocenters. The number of nitrogens with one attached hydrogen (secondary N) is 1. The molecule has 1 aromatic heterocycles. The molecule has 1 aliphatic rings. The first kappa shape index (κ1) is 19.0. The monoisotopic (exact) mass is 371 g/mol. The predicted octanol–water partition coefficient (Wildman–Crippen LogP) is 3.57. The molecule has 7 nitrogen and oxygen atoms in total. The van der Waals surface area contributed by atoms with Crippen molar-refractivity contribution >= 4 is 11.9 Å². The van der Waals surface area contributed by atoms with E-state index in [2.05, 4.69) is 22.0 Å². The molecule has 0 fully saturated rings. The molecule has 1 aromatic carbocycles. The van der Waals surface area contributed by atoms with Gasteiger partial charge >= 0.3 is 6.09 Å². The Hall–Kier alpha value is -2.80. The van der Waals surface area contributed by atoms with Crippen molar-refractivity contribution in [3.8, 4) is 22.6 Å². The number of benzene rings is 1. The summed E-state index contributed by atoms with van der Waals surface area (Å²) in [4.78, 5) is 15.7. The van der Waals surface area contributed by atoms with Gasteiger partial charge in [0.05, 0.1) is 13.7 Å². The van der Waals surface area contributed by atoms with Crippen molar-refractivity contribution in [3.63, 3.8) is 0 Å². The first-order valence-corrected chi connectivity index (χ1v) is 8.96. The van der Waals surface area contributed by atoms with Crippen LogP contribution in [0.5, 0.6) is 11.5 Å². The molecule has 1 aliphatic heterocycles. The highest BCUT2D eigenvalue weighted by molar-refractivity contribution is 5.89. The fourth-order valence-electron chi connectivity index (χ4n) is 3.18. The van der Waals surface area contributed by atoms with Crippen molar-refractivity contribution < 1.29 is 19.0 Å². The summed E-state index contributed by atoms with van der Waals surface area (Å²) in [6.07, 6.45) is 1.96. The summed E-state index contributed by atoms with van der Waals surface area (Å²) in [6.45, 7) is 5.12. The molecule has 0 spiro atoms. The maximum Gasteiger partial charge on any atom is 0.412 e. The first-order valence-electron chi connectivity index (χ1n) is 8.96. The van der Waals surface area contributed by atoms with Gasteiger partial charge in [-0.1, -0.05) is 13.0 Å². The van der Waals surface area contributed by atoms with Gasteiger partial charge in [-0.15, -0.1) is 0 Å². The summed E-state index contributed by atoms with van der Waals surface area (Å²) >= 11 is 0. The topological polar surface area (TPSA) is 95.7 Å². The number of ether oxygens (including phenoxy) is 3. The van der Waals surface area contributed by atoms with Crippen LogP contribution < -0.4 is 20.5 Å². The lowest BCUT2D eigenvalue weighted by Crippen LogP contribution is -2.21. The van der Waals surface area contributed by atoms with E-state index >= 15 is 0 Å². The molecule has 7 heteroatoms. The molecule has 2 unspecified atom stereocenters. The maximum atomic E-state index is 11.5. The highest BCUT2D eigenvalue weighted by atomic mass is 16.5. The molecule has 3 rings (SSSR count). The van der Waals surface area contributed by atoms with Gasteiger partial charge in [0.15, 0.2) is 11.6 Å². The number of fused-ring (bicyclic) bond motifs is 3. The minimum atomic E-state index is -0.588. The van der Waals surface area contributed by atoms with Crippen LogP contribution in [0.25, 0.3) is 11.1 Å². The number of anilines is 1. The number of carbonyl (C=O) groups excluding carboxylic acids is 1. The molecule has 0 saturated heterocycles. The third-order valence-electron chi connectivity index (χ3n) is 4.36. The van der Waals surface area contributed by atoms with Gasteiger partial charge in [-0.05, 0) is 43.0 Å². The zero-order valence-corrected chi connectivity index (χ0v) is 15.8. The second-order valence-corrected chi connectivity index (χ2v) is 6.89. The number of aromatic nitrogens is 1. The van der Waals surface area contributed by atoms with Gasteiger partial charge in [0.25, 0.3) is 0 Å². The van der Waals surface area contributed by atoms with Crippen LogP contribution in [-0.2, 0) is 11.3 Å². The predicted molar refractivity (Wildman–Crippen MR) is 103 cm³/mol. The fraction of sp³-hybridized carbons (Fsp3) is 0.400.